The molecule has 6 aromatic carbocycles. The first-order valence-corrected chi connectivity index (χ1v) is 25.0. The summed E-state index contributed by atoms with van der Waals surface area (Å²) in [5, 5.41) is 31.0. The maximum atomic E-state index is 13.0. The van der Waals surface area contributed by atoms with E-state index in [1.165, 1.54) is 0 Å². The third-order valence-electron chi connectivity index (χ3n) is 11.5. The Morgan fingerprint density at radius 1 is 0.638 bits per heavy atom. The number of sulfonamides is 2. The third-order valence-corrected chi connectivity index (χ3v) is 14.4. The molecule has 0 amide bonds. The second kappa shape index (κ2) is 22.6. The van der Waals surface area contributed by atoms with E-state index in [1.54, 1.807) is 91.0 Å². The number of nitrogens with one attached hydrogen (secondary N) is 5. The van der Waals surface area contributed by atoms with Gasteiger partial charge in [0.15, 0.2) is 0 Å². The maximum absolute atomic E-state index is 13.0. The number of hydrogen-bond acceptors (Lipinski definition) is 9. The second-order valence-electron chi connectivity index (χ2n) is 16.1. The number of fused-ring (bicyclic) bond motifs is 2. The molecule has 0 fully saturated rings. The van der Waals surface area contributed by atoms with Crippen LogP contribution in [0.5, 0.6) is 5.75 Å². The lowest BCUT2D eigenvalue weighted by Crippen LogP contribution is -2.34. The number of guanidine groups is 1. The van der Waals surface area contributed by atoms with E-state index >= 15 is 0 Å². The summed E-state index contributed by atoms with van der Waals surface area (Å²) in [5.41, 5.74) is 9.79. The number of amidine groups is 1. The van der Waals surface area contributed by atoms with Gasteiger partial charge in [0.1, 0.15) is 10.9 Å². The minimum absolute atomic E-state index is 0.0205. The average molecular weight is 966 g/mol. The lowest BCUT2D eigenvalue weighted by molar-refractivity contribution is 0.151. The highest BCUT2D eigenvalue weighted by Gasteiger charge is 2.36. The number of hydrogen-bond donors (Lipinski definition) is 7. The van der Waals surface area contributed by atoms with Crippen LogP contribution in [0.2, 0.25) is 0 Å². The Labute approximate surface area is 402 Å². The summed E-state index contributed by atoms with van der Waals surface area (Å²) in [4.78, 5) is 11.0. The summed E-state index contributed by atoms with van der Waals surface area (Å²) in [6.07, 6.45) is 0.486. The third kappa shape index (κ3) is 12.8. The van der Waals surface area contributed by atoms with Gasteiger partial charge in [-0.05, 0) is 112 Å². The molecule has 2 aliphatic carbocycles. The summed E-state index contributed by atoms with van der Waals surface area (Å²) < 4.78 is 62.9. The number of ether oxygens (including phenoxy) is 1. The van der Waals surface area contributed by atoms with Gasteiger partial charge in [-0.25, -0.2) is 31.3 Å². The number of benzene rings is 6. The van der Waals surface area contributed by atoms with Crippen LogP contribution in [-0.4, -0.2) is 51.2 Å². The lowest BCUT2D eigenvalue weighted by Gasteiger charge is -2.19. The van der Waals surface area contributed by atoms with Crippen LogP contribution in [0.4, 0.5) is 11.4 Å². The molecule has 18 heteroatoms. The zero-order valence-corrected chi connectivity index (χ0v) is 39.4. The predicted octanol–water partition coefficient (Wildman–Crippen LogP) is 7.44. The van der Waals surface area contributed by atoms with Crippen LogP contribution >= 0.6 is 0 Å². The van der Waals surface area contributed by atoms with Crippen LogP contribution in [0.25, 0.3) is 9.91 Å². The predicted molar refractivity (Wildman–Crippen MR) is 266 cm³/mol. The highest BCUT2D eigenvalue weighted by atomic mass is 32.2. The molecule has 0 unspecified atom stereocenters. The van der Waals surface area contributed by atoms with Crippen molar-refractivity contribution in [2.75, 3.05) is 10.6 Å². The Hall–Kier alpha value is -7.42. The van der Waals surface area contributed by atoms with Crippen LogP contribution in [0.3, 0.4) is 0 Å². The van der Waals surface area contributed by atoms with Gasteiger partial charge in [0.25, 0.3) is 5.96 Å². The summed E-state index contributed by atoms with van der Waals surface area (Å²) in [7, 11) is -7.68. The van der Waals surface area contributed by atoms with E-state index in [9.17, 15) is 27.0 Å². The molecule has 0 aliphatic heterocycles. The molecule has 4 atom stereocenters. The van der Waals surface area contributed by atoms with Gasteiger partial charge >= 0.3 is 6.02 Å². The summed E-state index contributed by atoms with van der Waals surface area (Å²) in [6, 6.07) is 41.1. The van der Waals surface area contributed by atoms with Crippen molar-refractivity contribution >= 4 is 43.4 Å². The molecule has 0 aromatic heterocycles. The lowest BCUT2D eigenvalue weighted by atomic mass is 10.1. The SMILES string of the molecule is [C-]#[N+]/N=C(/Nc1ccc2c(c1)[C@@H](NS(=O)(=O)c1ccc(CC)cc1)[C@H](O)C2)Oc1ccccc1.[C-]#[N+]NC(=NCc1ccccc1)Nc1ccc2c(c1)[C@@H](NS(=O)(=O)c1ccc(CC)cc1)[C@H](O)C2. The fourth-order valence-corrected chi connectivity index (χ4v) is 10.3. The standard InChI is InChI=1S/C26H27N5O3S.C25H24N4O4S/c1-3-18-9-13-22(14-10-18)35(33,34)31-25-23-16-21(12-11-20(23)15-24(25)32)29-26(30-27-2)28-17-19-7-5-4-6-8-19;1-3-17-9-13-21(14-10-17)34(31,32)29-24-22-16-19(12-11-18(22)15-23(24)30)27-25(28-26-2)33-20-7-5-4-6-8-20/h4-14,16,24-25,31-32H,3,15,17H2,1H3,(H2,28,29,30);4-14,16,23-24,29-30H,3,15H2,1H3,(H,27,28)/t24-,25-;23-,24-/m11/s1. The van der Waals surface area contributed by atoms with Crippen LogP contribution < -0.4 is 30.2 Å². The minimum Gasteiger partial charge on any atom is -0.421 e. The molecule has 0 bridgehead atoms. The van der Waals surface area contributed by atoms with Gasteiger partial charge in [0, 0.05) is 24.2 Å². The molecular weight excluding hydrogens is 915 g/mol. The van der Waals surface area contributed by atoms with Crippen LogP contribution in [0, 0.1) is 13.1 Å². The van der Waals surface area contributed by atoms with Crippen molar-refractivity contribution in [2.24, 2.45) is 10.1 Å². The van der Waals surface area contributed by atoms with Crippen LogP contribution in [-0.2, 0) is 52.3 Å². The van der Waals surface area contributed by atoms with E-state index in [2.05, 4.69) is 45.5 Å². The molecule has 16 nitrogen and oxygen atoms in total. The van der Waals surface area contributed by atoms with Gasteiger partial charge < -0.3 is 25.6 Å². The van der Waals surface area contributed by atoms with E-state index < -0.39 is 44.3 Å². The summed E-state index contributed by atoms with van der Waals surface area (Å²) in [6.45, 7) is 18.6. The van der Waals surface area contributed by atoms with Crippen molar-refractivity contribution < 1.29 is 31.8 Å². The number of anilines is 2. The number of aryl methyl sites for hydroxylation is 2. The van der Waals surface area contributed by atoms with Crippen molar-refractivity contribution in [3.05, 3.63) is 208 Å². The number of nitrogens with zero attached hydrogens (tertiary/aromatic N) is 4. The molecule has 0 saturated carbocycles. The minimum atomic E-state index is -3.85. The number of aliphatic hydroxyl groups is 2. The number of rotatable bonds is 13. The average Bonchev–Trinajstić information content (AvgIpc) is 3.83. The Morgan fingerprint density at radius 2 is 1.12 bits per heavy atom. The topological polar surface area (TPSA) is 212 Å². The molecule has 8 rings (SSSR count). The molecule has 354 valence electrons. The zero-order chi connectivity index (χ0) is 49.0. The first-order valence-electron chi connectivity index (χ1n) is 22.1. The van der Waals surface area contributed by atoms with Crippen molar-refractivity contribution in [2.45, 2.75) is 80.2 Å². The molecule has 0 saturated heterocycles. The summed E-state index contributed by atoms with van der Waals surface area (Å²) in [5.74, 6) is 0.782. The highest BCUT2D eigenvalue weighted by molar-refractivity contribution is 7.89. The van der Waals surface area contributed by atoms with Gasteiger partial charge in [-0.2, -0.15) is 18.1 Å². The quantitative estimate of drug-likeness (QED) is 0.0263. The Morgan fingerprint density at radius 3 is 1.58 bits per heavy atom. The van der Waals surface area contributed by atoms with E-state index in [0.29, 0.717) is 47.6 Å². The fraction of sp³-hybridized carbons (Fsp3) is 0.216. The van der Waals surface area contributed by atoms with Gasteiger partial charge in [-0.1, -0.05) is 104 Å². The van der Waals surface area contributed by atoms with Gasteiger partial charge in [0.2, 0.25) is 20.0 Å². The Kier molecular flexibility index (Phi) is 16.2. The maximum Gasteiger partial charge on any atom is 0.378 e. The molecule has 6 aromatic rings. The van der Waals surface area contributed by atoms with Crippen molar-refractivity contribution in [3.63, 3.8) is 0 Å². The van der Waals surface area contributed by atoms with E-state index in [-0.39, 0.29) is 21.8 Å². The molecule has 69 heavy (non-hydrogen) atoms. The molecule has 7 N–H and O–H groups in total. The summed E-state index contributed by atoms with van der Waals surface area (Å²) >= 11 is 0. The Bertz CT molecular complexity index is 3110. The number of aliphatic hydroxyl groups excluding tert-OH is 2. The largest absolute Gasteiger partial charge is 0.421 e. The molecule has 0 radical (unpaired) electrons. The van der Waals surface area contributed by atoms with E-state index in [1.807, 2.05) is 68.4 Å². The van der Waals surface area contributed by atoms with E-state index in [4.69, 9.17) is 17.9 Å². The van der Waals surface area contributed by atoms with Gasteiger partial charge in [0.05, 0.1) is 40.6 Å². The van der Waals surface area contributed by atoms with Gasteiger partial charge in [-0.15, -0.1) is 4.95 Å². The first kappa shape index (κ1) is 49.5. The number of para-hydroxylation sites is 1. The van der Waals surface area contributed by atoms with Crippen LogP contribution in [0.15, 0.2) is 165 Å². The van der Waals surface area contributed by atoms with Crippen LogP contribution in [0.1, 0.15) is 64.9 Å². The fourth-order valence-electron chi connectivity index (χ4n) is 7.85. The normalized spacial score (nSPS) is 17.5. The van der Waals surface area contributed by atoms with Gasteiger partial charge in [-0.3, -0.25) is 0 Å². The Balaban J connectivity index is 0.000000204. The molecular formula is C51H51N9O7S2. The second-order valence-corrected chi connectivity index (χ2v) is 19.5. The zero-order valence-electron chi connectivity index (χ0n) is 37.7. The molecule has 0 spiro atoms. The van der Waals surface area contributed by atoms with Crippen molar-refractivity contribution in [1.29, 1.82) is 0 Å². The molecule has 0 heterocycles. The van der Waals surface area contributed by atoms with Crippen molar-refractivity contribution in [3.8, 4) is 5.75 Å². The monoisotopic (exact) mass is 965 g/mol. The molecule has 2 aliphatic rings. The smallest absolute Gasteiger partial charge is 0.378 e. The highest BCUT2D eigenvalue weighted by Crippen LogP contribution is 2.36. The van der Waals surface area contributed by atoms with E-state index in [0.717, 1.165) is 40.7 Å². The first-order chi connectivity index (χ1) is 33.3. The number of aliphatic imine (C=N–C) groups is 1. The van der Waals surface area contributed by atoms with Crippen molar-refractivity contribution in [1.82, 2.24) is 14.9 Å².